The van der Waals surface area contributed by atoms with Crippen LogP contribution >= 0.6 is 31.9 Å². The zero-order valence-corrected chi connectivity index (χ0v) is 12.8. The molecule has 1 aromatic heterocycles. The predicted octanol–water partition coefficient (Wildman–Crippen LogP) is 5.06. The van der Waals surface area contributed by atoms with Gasteiger partial charge < -0.3 is 4.98 Å². The van der Waals surface area contributed by atoms with Gasteiger partial charge in [-0.15, -0.1) is 0 Å². The van der Waals surface area contributed by atoms with Crippen molar-refractivity contribution in [1.29, 1.82) is 0 Å². The minimum absolute atomic E-state index is 0.878. The van der Waals surface area contributed by atoms with E-state index in [1.54, 1.807) is 0 Å². The van der Waals surface area contributed by atoms with Gasteiger partial charge >= 0.3 is 0 Å². The topological polar surface area (TPSA) is 28.7 Å². The third-order valence-corrected chi connectivity index (χ3v) is 4.01. The highest BCUT2D eigenvalue weighted by atomic mass is 79.9. The quantitative estimate of drug-likeness (QED) is 0.641. The van der Waals surface area contributed by atoms with E-state index in [2.05, 4.69) is 67.0 Å². The number of aryl methyl sites for hydroxylation is 1. The number of nitrogens with one attached hydrogen (secondary N) is 1. The van der Waals surface area contributed by atoms with Gasteiger partial charge in [0.05, 0.1) is 11.0 Å². The Morgan fingerprint density at radius 2 is 1.89 bits per heavy atom. The van der Waals surface area contributed by atoms with Gasteiger partial charge in [-0.2, -0.15) is 0 Å². The number of aromatic nitrogens is 2. The zero-order chi connectivity index (χ0) is 12.7. The van der Waals surface area contributed by atoms with Crippen molar-refractivity contribution in [2.75, 3.05) is 0 Å². The molecule has 0 saturated heterocycles. The molecule has 0 aliphatic heterocycles. The lowest BCUT2D eigenvalue weighted by Gasteiger charge is -2.01. The molecule has 18 heavy (non-hydrogen) atoms. The molecule has 0 saturated carbocycles. The van der Waals surface area contributed by atoms with E-state index in [4.69, 9.17) is 0 Å². The van der Waals surface area contributed by atoms with Crippen LogP contribution in [0.2, 0.25) is 0 Å². The Bertz CT molecular complexity index is 732. The van der Waals surface area contributed by atoms with Crippen molar-refractivity contribution >= 4 is 42.9 Å². The van der Waals surface area contributed by atoms with Gasteiger partial charge in [0.2, 0.25) is 0 Å². The first-order valence-electron chi connectivity index (χ1n) is 5.55. The molecule has 0 amide bonds. The molecule has 0 aliphatic carbocycles. The van der Waals surface area contributed by atoms with Crippen LogP contribution in [0.3, 0.4) is 0 Å². The first kappa shape index (κ1) is 11.9. The Kier molecular flexibility index (Phi) is 2.99. The van der Waals surface area contributed by atoms with E-state index in [0.29, 0.717) is 0 Å². The van der Waals surface area contributed by atoms with E-state index in [-0.39, 0.29) is 0 Å². The molecule has 1 N–H and O–H groups in total. The van der Waals surface area contributed by atoms with Gasteiger partial charge in [0.15, 0.2) is 0 Å². The van der Waals surface area contributed by atoms with Gasteiger partial charge in [0.1, 0.15) is 5.82 Å². The van der Waals surface area contributed by atoms with Gasteiger partial charge in [0.25, 0.3) is 0 Å². The van der Waals surface area contributed by atoms with Crippen LogP contribution in [0.4, 0.5) is 0 Å². The van der Waals surface area contributed by atoms with E-state index >= 15 is 0 Å². The van der Waals surface area contributed by atoms with E-state index in [1.165, 1.54) is 5.56 Å². The van der Waals surface area contributed by atoms with Crippen molar-refractivity contribution in [3.63, 3.8) is 0 Å². The van der Waals surface area contributed by atoms with Crippen molar-refractivity contribution in [2.45, 2.75) is 6.92 Å². The second kappa shape index (κ2) is 4.52. The molecule has 0 atom stereocenters. The van der Waals surface area contributed by atoms with Crippen LogP contribution in [0.15, 0.2) is 45.3 Å². The number of rotatable bonds is 1. The molecule has 0 spiro atoms. The molecule has 2 nitrogen and oxygen atoms in total. The Balaban J connectivity index is 2.22. The predicted molar refractivity (Wildman–Crippen MR) is 81.7 cm³/mol. The maximum Gasteiger partial charge on any atom is 0.139 e. The molecular weight excluding hydrogens is 356 g/mol. The zero-order valence-electron chi connectivity index (χ0n) is 9.67. The summed E-state index contributed by atoms with van der Waals surface area (Å²) in [5, 5.41) is 0. The number of aromatic amines is 1. The summed E-state index contributed by atoms with van der Waals surface area (Å²) >= 11 is 7.04. The van der Waals surface area contributed by atoms with Crippen LogP contribution in [0, 0.1) is 6.92 Å². The van der Waals surface area contributed by atoms with Crippen molar-refractivity contribution < 1.29 is 0 Å². The monoisotopic (exact) mass is 364 g/mol. The molecule has 3 rings (SSSR count). The first-order valence-corrected chi connectivity index (χ1v) is 7.14. The minimum Gasteiger partial charge on any atom is -0.338 e. The number of hydrogen-bond donors (Lipinski definition) is 1. The molecular formula is C14H10Br2N2. The van der Waals surface area contributed by atoms with E-state index in [0.717, 1.165) is 31.4 Å². The van der Waals surface area contributed by atoms with Crippen LogP contribution in [0.1, 0.15) is 5.56 Å². The summed E-state index contributed by atoms with van der Waals surface area (Å²) < 4.78 is 2.07. The van der Waals surface area contributed by atoms with Crippen LogP contribution < -0.4 is 0 Å². The SMILES string of the molecule is Cc1ccc2nc(-c3cc(Br)ccc3Br)[nH]c2c1. The highest BCUT2D eigenvalue weighted by Crippen LogP contribution is 2.30. The van der Waals surface area contributed by atoms with Gasteiger partial charge in [-0.05, 0) is 42.8 Å². The molecule has 4 heteroatoms. The van der Waals surface area contributed by atoms with E-state index in [9.17, 15) is 0 Å². The fraction of sp³-hybridized carbons (Fsp3) is 0.0714. The standard InChI is InChI=1S/C14H10Br2N2/c1-8-2-5-12-13(6-8)18-14(17-12)10-7-9(15)3-4-11(10)16/h2-7H,1H3,(H,17,18). The number of H-pyrrole nitrogens is 1. The first-order chi connectivity index (χ1) is 8.63. The Labute approximate surface area is 122 Å². The Hall–Kier alpha value is -1.13. The summed E-state index contributed by atoms with van der Waals surface area (Å²) in [7, 11) is 0. The highest BCUT2D eigenvalue weighted by molar-refractivity contribution is 9.11. The molecule has 90 valence electrons. The van der Waals surface area contributed by atoms with Crippen molar-refractivity contribution in [1.82, 2.24) is 9.97 Å². The smallest absolute Gasteiger partial charge is 0.139 e. The third kappa shape index (κ3) is 2.10. The summed E-state index contributed by atoms with van der Waals surface area (Å²) in [5.41, 5.74) is 4.34. The molecule has 0 bridgehead atoms. The summed E-state index contributed by atoms with van der Waals surface area (Å²) in [6.07, 6.45) is 0. The lowest BCUT2D eigenvalue weighted by Crippen LogP contribution is -1.82. The van der Waals surface area contributed by atoms with Crippen molar-refractivity contribution in [2.24, 2.45) is 0 Å². The second-order valence-corrected chi connectivity index (χ2v) is 6.00. The number of nitrogens with zero attached hydrogens (tertiary/aromatic N) is 1. The van der Waals surface area contributed by atoms with Crippen LogP contribution in [-0.4, -0.2) is 9.97 Å². The maximum atomic E-state index is 4.62. The fourth-order valence-corrected chi connectivity index (χ4v) is 2.73. The number of benzene rings is 2. The minimum atomic E-state index is 0.878. The second-order valence-electron chi connectivity index (χ2n) is 4.23. The van der Waals surface area contributed by atoms with Crippen LogP contribution in [-0.2, 0) is 0 Å². The highest BCUT2D eigenvalue weighted by Gasteiger charge is 2.09. The van der Waals surface area contributed by atoms with Gasteiger partial charge in [-0.3, -0.25) is 0 Å². The molecule has 1 heterocycles. The van der Waals surface area contributed by atoms with Crippen LogP contribution in [0.25, 0.3) is 22.4 Å². The molecule has 2 aromatic carbocycles. The summed E-state index contributed by atoms with van der Waals surface area (Å²) in [5.74, 6) is 0.878. The summed E-state index contributed by atoms with van der Waals surface area (Å²) in [6.45, 7) is 2.08. The van der Waals surface area contributed by atoms with Crippen molar-refractivity contribution in [3.8, 4) is 11.4 Å². The number of halogens is 2. The molecule has 0 radical (unpaired) electrons. The van der Waals surface area contributed by atoms with E-state index < -0.39 is 0 Å². The van der Waals surface area contributed by atoms with E-state index in [1.807, 2.05) is 18.2 Å². The number of fused-ring (bicyclic) bond motifs is 1. The average Bonchev–Trinajstić information content (AvgIpc) is 2.74. The summed E-state index contributed by atoms with van der Waals surface area (Å²) in [4.78, 5) is 7.98. The lowest BCUT2D eigenvalue weighted by atomic mass is 10.2. The number of imidazole rings is 1. The fourth-order valence-electron chi connectivity index (χ4n) is 1.93. The third-order valence-electron chi connectivity index (χ3n) is 2.82. The van der Waals surface area contributed by atoms with Crippen molar-refractivity contribution in [3.05, 3.63) is 50.9 Å². The molecule has 0 unspecified atom stereocenters. The van der Waals surface area contributed by atoms with Gasteiger partial charge in [-0.1, -0.05) is 37.9 Å². The average molecular weight is 366 g/mol. The summed E-state index contributed by atoms with van der Waals surface area (Å²) in [6, 6.07) is 12.3. The largest absolute Gasteiger partial charge is 0.338 e. The maximum absolute atomic E-state index is 4.62. The van der Waals surface area contributed by atoms with Crippen LogP contribution in [0.5, 0.6) is 0 Å². The molecule has 3 aromatic rings. The Morgan fingerprint density at radius 3 is 2.72 bits per heavy atom. The number of hydrogen-bond acceptors (Lipinski definition) is 1. The molecule has 0 fully saturated rings. The molecule has 0 aliphatic rings. The van der Waals surface area contributed by atoms with Gasteiger partial charge in [0, 0.05) is 14.5 Å². The normalized spacial score (nSPS) is 11.1. The van der Waals surface area contributed by atoms with Gasteiger partial charge in [-0.25, -0.2) is 4.98 Å². The lowest BCUT2D eigenvalue weighted by molar-refractivity contribution is 1.32. The Morgan fingerprint density at radius 1 is 1.06 bits per heavy atom.